The zero-order valence-electron chi connectivity index (χ0n) is 12.9. The Balaban J connectivity index is 2.48. The third-order valence-electron chi connectivity index (χ3n) is 3.89. The van der Waals surface area contributed by atoms with E-state index in [-0.39, 0.29) is 5.41 Å². The topological polar surface area (TPSA) is 26.0 Å². The summed E-state index contributed by atoms with van der Waals surface area (Å²) in [5, 5.41) is 2.46. The highest BCUT2D eigenvalue weighted by atomic mass is 14.6. The first-order valence-electron chi connectivity index (χ1n) is 7.35. The van der Waals surface area contributed by atoms with Crippen LogP contribution in [0.4, 0.5) is 5.69 Å². The Bertz CT molecular complexity index is 780. The molecular weight excluding hydrogens is 254 g/mol. The van der Waals surface area contributed by atoms with Crippen LogP contribution >= 0.6 is 0 Å². The Morgan fingerprint density at radius 1 is 0.810 bits per heavy atom. The van der Waals surface area contributed by atoms with Crippen LogP contribution in [0.5, 0.6) is 0 Å². The Morgan fingerprint density at radius 2 is 1.43 bits per heavy atom. The van der Waals surface area contributed by atoms with Crippen LogP contribution in [0.25, 0.3) is 21.9 Å². The van der Waals surface area contributed by atoms with Crippen molar-refractivity contribution in [3.63, 3.8) is 0 Å². The molecule has 0 fully saturated rings. The first kappa shape index (κ1) is 13.7. The number of hydrogen-bond donors (Lipinski definition) is 1. The Kier molecular flexibility index (Phi) is 3.21. The third kappa shape index (κ3) is 2.40. The lowest BCUT2D eigenvalue weighted by atomic mass is 9.78. The fraction of sp³-hybridized carbons (Fsp3) is 0.200. The molecule has 3 aromatic carbocycles. The van der Waals surface area contributed by atoms with Crippen molar-refractivity contribution >= 4 is 16.5 Å². The van der Waals surface area contributed by atoms with Gasteiger partial charge in [0.05, 0.1) is 0 Å². The fourth-order valence-electron chi connectivity index (χ4n) is 3.08. The molecule has 1 nitrogen and oxygen atoms in total. The zero-order valence-corrected chi connectivity index (χ0v) is 12.9. The molecule has 0 aliphatic carbocycles. The molecule has 0 aromatic heterocycles. The van der Waals surface area contributed by atoms with E-state index in [1.54, 1.807) is 0 Å². The maximum absolute atomic E-state index is 6.41. The lowest BCUT2D eigenvalue weighted by Gasteiger charge is -2.26. The molecule has 3 rings (SSSR count). The fourth-order valence-corrected chi connectivity index (χ4v) is 3.08. The van der Waals surface area contributed by atoms with Gasteiger partial charge in [0.15, 0.2) is 0 Å². The van der Waals surface area contributed by atoms with Crippen LogP contribution < -0.4 is 5.73 Å². The molecule has 0 bridgehead atoms. The summed E-state index contributed by atoms with van der Waals surface area (Å²) in [5.74, 6) is 0. The maximum atomic E-state index is 6.41. The molecule has 0 aliphatic rings. The molecule has 106 valence electrons. The summed E-state index contributed by atoms with van der Waals surface area (Å²) in [7, 11) is 0. The van der Waals surface area contributed by atoms with Gasteiger partial charge in [-0.25, -0.2) is 0 Å². The molecule has 0 radical (unpaired) electrons. The van der Waals surface area contributed by atoms with Gasteiger partial charge in [0.1, 0.15) is 0 Å². The Labute approximate surface area is 126 Å². The number of rotatable bonds is 1. The van der Waals surface area contributed by atoms with Gasteiger partial charge in [-0.1, -0.05) is 75.4 Å². The number of hydrogen-bond acceptors (Lipinski definition) is 1. The van der Waals surface area contributed by atoms with E-state index < -0.39 is 0 Å². The quantitative estimate of drug-likeness (QED) is 0.592. The van der Waals surface area contributed by atoms with E-state index in [9.17, 15) is 0 Å². The highest BCUT2D eigenvalue weighted by molar-refractivity contribution is 6.01. The van der Waals surface area contributed by atoms with Crippen molar-refractivity contribution < 1.29 is 0 Å². The molecule has 0 amide bonds. The normalized spacial score (nSPS) is 11.8. The van der Waals surface area contributed by atoms with E-state index in [0.29, 0.717) is 0 Å². The third-order valence-corrected chi connectivity index (χ3v) is 3.89. The van der Waals surface area contributed by atoms with Crippen LogP contribution in [-0.2, 0) is 5.41 Å². The highest BCUT2D eigenvalue weighted by Gasteiger charge is 2.23. The van der Waals surface area contributed by atoms with Crippen LogP contribution in [0.2, 0.25) is 0 Å². The molecule has 0 saturated carbocycles. The minimum absolute atomic E-state index is 0.000705. The predicted octanol–water partition coefficient (Wildman–Crippen LogP) is 5.39. The standard InChI is InChI=1S/C20H21N/c1-20(2,3)19-17(21)13-15-11-7-8-12-16(15)18(19)14-9-5-4-6-10-14/h4-13H,21H2,1-3H3. The average Bonchev–Trinajstić information content (AvgIpc) is 2.45. The second-order valence-electron chi connectivity index (χ2n) is 6.55. The second-order valence-corrected chi connectivity index (χ2v) is 6.55. The molecule has 0 atom stereocenters. The van der Waals surface area contributed by atoms with Gasteiger partial charge >= 0.3 is 0 Å². The number of anilines is 1. The van der Waals surface area contributed by atoms with E-state index in [4.69, 9.17) is 5.73 Å². The summed E-state index contributed by atoms with van der Waals surface area (Å²) in [6.07, 6.45) is 0. The first-order chi connectivity index (χ1) is 9.98. The number of nitrogen functional groups attached to an aromatic ring is 1. The van der Waals surface area contributed by atoms with Gasteiger partial charge in [0.2, 0.25) is 0 Å². The lowest BCUT2D eigenvalue weighted by molar-refractivity contribution is 0.595. The van der Waals surface area contributed by atoms with E-state index in [1.807, 2.05) is 0 Å². The molecular formula is C20H21N. The minimum Gasteiger partial charge on any atom is -0.398 e. The van der Waals surface area contributed by atoms with E-state index in [2.05, 4.69) is 81.4 Å². The van der Waals surface area contributed by atoms with E-state index in [1.165, 1.54) is 27.5 Å². The number of nitrogens with two attached hydrogens (primary N) is 1. The van der Waals surface area contributed by atoms with Crippen molar-refractivity contribution in [3.05, 3.63) is 66.2 Å². The van der Waals surface area contributed by atoms with Crippen molar-refractivity contribution in [2.45, 2.75) is 26.2 Å². The molecule has 0 aliphatic heterocycles. The monoisotopic (exact) mass is 275 g/mol. The van der Waals surface area contributed by atoms with Crippen molar-refractivity contribution in [1.29, 1.82) is 0 Å². The summed E-state index contributed by atoms with van der Waals surface area (Å²) in [5.41, 5.74) is 11.0. The van der Waals surface area contributed by atoms with Crippen molar-refractivity contribution in [1.82, 2.24) is 0 Å². The lowest BCUT2D eigenvalue weighted by Crippen LogP contribution is -2.16. The Hall–Kier alpha value is -2.28. The van der Waals surface area contributed by atoms with Gasteiger partial charge in [-0.3, -0.25) is 0 Å². The maximum Gasteiger partial charge on any atom is 0.0364 e. The van der Waals surface area contributed by atoms with Crippen LogP contribution in [-0.4, -0.2) is 0 Å². The minimum atomic E-state index is -0.000705. The Morgan fingerprint density at radius 3 is 2.10 bits per heavy atom. The smallest absolute Gasteiger partial charge is 0.0364 e. The summed E-state index contributed by atoms with van der Waals surface area (Å²) in [4.78, 5) is 0. The molecule has 0 unspecified atom stereocenters. The number of fused-ring (bicyclic) bond motifs is 1. The van der Waals surface area contributed by atoms with Gasteiger partial charge < -0.3 is 5.73 Å². The summed E-state index contributed by atoms with van der Waals surface area (Å²) in [6, 6.07) is 21.1. The van der Waals surface area contributed by atoms with Crippen molar-refractivity contribution in [2.24, 2.45) is 0 Å². The molecule has 0 heterocycles. The highest BCUT2D eigenvalue weighted by Crippen LogP contribution is 2.41. The molecule has 1 heteroatoms. The zero-order chi connectivity index (χ0) is 15.0. The summed E-state index contributed by atoms with van der Waals surface area (Å²) < 4.78 is 0. The van der Waals surface area contributed by atoms with Crippen LogP contribution in [0.1, 0.15) is 26.3 Å². The van der Waals surface area contributed by atoms with Crippen molar-refractivity contribution in [3.8, 4) is 11.1 Å². The summed E-state index contributed by atoms with van der Waals surface area (Å²) in [6.45, 7) is 6.67. The van der Waals surface area contributed by atoms with Gasteiger partial charge in [-0.2, -0.15) is 0 Å². The number of benzene rings is 3. The van der Waals surface area contributed by atoms with Gasteiger partial charge in [0, 0.05) is 5.69 Å². The van der Waals surface area contributed by atoms with Gasteiger partial charge in [0.25, 0.3) is 0 Å². The van der Waals surface area contributed by atoms with Gasteiger partial charge in [-0.05, 0) is 38.9 Å². The molecule has 0 spiro atoms. The summed E-state index contributed by atoms with van der Waals surface area (Å²) >= 11 is 0. The van der Waals surface area contributed by atoms with Crippen LogP contribution in [0, 0.1) is 0 Å². The van der Waals surface area contributed by atoms with Crippen LogP contribution in [0.15, 0.2) is 60.7 Å². The average molecular weight is 275 g/mol. The largest absolute Gasteiger partial charge is 0.398 e. The predicted molar refractivity (Wildman–Crippen MR) is 92.5 cm³/mol. The van der Waals surface area contributed by atoms with E-state index >= 15 is 0 Å². The molecule has 21 heavy (non-hydrogen) atoms. The molecule has 3 aromatic rings. The molecule has 2 N–H and O–H groups in total. The van der Waals surface area contributed by atoms with E-state index in [0.717, 1.165) is 5.69 Å². The van der Waals surface area contributed by atoms with Crippen LogP contribution in [0.3, 0.4) is 0 Å². The van der Waals surface area contributed by atoms with Crippen molar-refractivity contribution in [2.75, 3.05) is 5.73 Å². The second kappa shape index (κ2) is 4.92. The molecule has 0 saturated heterocycles. The van der Waals surface area contributed by atoms with Gasteiger partial charge in [-0.15, -0.1) is 0 Å². The SMILES string of the molecule is CC(C)(C)c1c(N)cc2ccccc2c1-c1ccccc1. The first-order valence-corrected chi connectivity index (χ1v) is 7.35.